The zero-order valence-corrected chi connectivity index (χ0v) is 18.5. The number of aromatic nitrogens is 1. The van der Waals surface area contributed by atoms with Crippen LogP contribution in [-0.2, 0) is 11.3 Å². The van der Waals surface area contributed by atoms with E-state index >= 15 is 0 Å². The number of nitrogens with two attached hydrogens (primary N) is 1. The van der Waals surface area contributed by atoms with Crippen LogP contribution in [-0.4, -0.2) is 41.4 Å². The molecule has 3 N–H and O–H groups in total. The van der Waals surface area contributed by atoms with Crippen molar-refractivity contribution in [1.29, 1.82) is 0 Å². The first-order valence-electron chi connectivity index (χ1n) is 9.47. The van der Waals surface area contributed by atoms with Gasteiger partial charge in [-0.25, -0.2) is 9.98 Å². The van der Waals surface area contributed by atoms with E-state index in [0.717, 1.165) is 49.7 Å². The van der Waals surface area contributed by atoms with Crippen LogP contribution in [0, 0.1) is 5.92 Å². The summed E-state index contributed by atoms with van der Waals surface area (Å²) in [6.45, 7) is 4.99. The second-order valence-electron chi connectivity index (χ2n) is 6.80. The van der Waals surface area contributed by atoms with Crippen LogP contribution in [0.3, 0.4) is 0 Å². The van der Waals surface area contributed by atoms with Crippen molar-refractivity contribution in [1.82, 2.24) is 15.2 Å². The number of rotatable bonds is 6. The van der Waals surface area contributed by atoms with Gasteiger partial charge in [0.2, 0.25) is 11.8 Å². The third-order valence-electron chi connectivity index (χ3n) is 4.61. The molecule has 152 valence electrons. The molecule has 1 saturated heterocycles. The molecule has 0 aliphatic carbocycles. The van der Waals surface area contributed by atoms with Gasteiger partial charge < -0.3 is 20.4 Å². The number of carbonyl (C=O) groups is 1. The van der Waals surface area contributed by atoms with Gasteiger partial charge in [-0.3, -0.25) is 4.79 Å². The Kier molecular flexibility index (Phi) is 8.75. The maximum Gasteiger partial charge on any atom is 0.226 e. The number of carbonyl (C=O) groups excluding carboxylic acids is 1. The molecular formula is C20H28IN5O2. The lowest BCUT2D eigenvalue weighted by Crippen LogP contribution is -2.47. The lowest BCUT2D eigenvalue weighted by atomic mass is 9.95. The number of benzene rings is 1. The lowest BCUT2D eigenvalue weighted by Gasteiger charge is -2.34. The van der Waals surface area contributed by atoms with Crippen molar-refractivity contribution in [3.05, 3.63) is 42.3 Å². The number of likely N-dealkylation sites (tertiary alicyclic amines) is 1. The van der Waals surface area contributed by atoms with E-state index < -0.39 is 0 Å². The van der Waals surface area contributed by atoms with Gasteiger partial charge in [0.1, 0.15) is 12.0 Å². The van der Waals surface area contributed by atoms with Crippen LogP contribution < -0.4 is 11.1 Å². The molecule has 1 aromatic carbocycles. The number of hydrogen-bond acceptors (Lipinski definition) is 4. The Labute approximate surface area is 182 Å². The molecule has 2 aromatic rings. The summed E-state index contributed by atoms with van der Waals surface area (Å²) in [4.78, 5) is 22.7. The van der Waals surface area contributed by atoms with Crippen molar-refractivity contribution in [2.45, 2.75) is 32.7 Å². The molecule has 1 fully saturated rings. The number of nitrogens with zero attached hydrogens (tertiary/aromatic N) is 3. The Hall–Kier alpha value is -2.10. The van der Waals surface area contributed by atoms with E-state index in [4.69, 9.17) is 15.1 Å². The average Bonchev–Trinajstić information content (AvgIpc) is 3.14. The van der Waals surface area contributed by atoms with Gasteiger partial charge in [0.15, 0.2) is 5.96 Å². The monoisotopic (exact) mass is 497 g/mol. The first kappa shape index (κ1) is 22.2. The number of nitrogens with one attached hydrogen (secondary N) is 1. The molecule has 0 saturated carbocycles. The quantitative estimate of drug-likeness (QED) is 0.364. The van der Waals surface area contributed by atoms with Crippen LogP contribution in [0.2, 0.25) is 0 Å². The summed E-state index contributed by atoms with van der Waals surface area (Å²) in [5, 5.41) is 3.34. The predicted molar refractivity (Wildman–Crippen MR) is 120 cm³/mol. The van der Waals surface area contributed by atoms with Crippen molar-refractivity contribution in [3.8, 4) is 11.5 Å². The molecule has 0 radical (unpaired) electrons. The normalized spacial score (nSPS) is 17.1. The first-order valence-corrected chi connectivity index (χ1v) is 9.47. The predicted octanol–water partition coefficient (Wildman–Crippen LogP) is 3.01. The molecule has 0 spiro atoms. The molecule has 3 rings (SSSR count). The van der Waals surface area contributed by atoms with Crippen LogP contribution in [0.5, 0.6) is 0 Å². The van der Waals surface area contributed by atoms with E-state index in [1.807, 2.05) is 37.3 Å². The van der Waals surface area contributed by atoms with Gasteiger partial charge in [0.25, 0.3) is 0 Å². The molecule has 7 nitrogen and oxygen atoms in total. The molecular weight excluding hydrogens is 469 g/mol. The van der Waals surface area contributed by atoms with E-state index in [1.54, 1.807) is 6.26 Å². The van der Waals surface area contributed by atoms with Crippen molar-refractivity contribution < 1.29 is 9.21 Å². The molecule has 1 unspecified atom stereocenters. The molecule has 2 heterocycles. The van der Waals surface area contributed by atoms with Gasteiger partial charge in [-0.1, -0.05) is 18.2 Å². The number of amides is 1. The minimum absolute atomic E-state index is 0. The highest BCUT2D eigenvalue weighted by Gasteiger charge is 2.23. The van der Waals surface area contributed by atoms with Crippen LogP contribution >= 0.6 is 24.0 Å². The summed E-state index contributed by atoms with van der Waals surface area (Å²) < 4.78 is 5.58. The van der Waals surface area contributed by atoms with Crippen LogP contribution in [0.1, 0.15) is 31.9 Å². The number of hydrogen-bond donors (Lipinski definition) is 2. The molecule has 28 heavy (non-hydrogen) atoms. The summed E-state index contributed by atoms with van der Waals surface area (Å²) in [5.41, 5.74) is 7.10. The highest BCUT2D eigenvalue weighted by atomic mass is 127. The third kappa shape index (κ3) is 6.22. The van der Waals surface area contributed by atoms with Crippen LogP contribution in [0.15, 0.2) is 46.0 Å². The minimum Gasteiger partial charge on any atom is -0.444 e. The molecule has 1 aliphatic rings. The summed E-state index contributed by atoms with van der Waals surface area (Å²) in [5.74, 6) is 1.50. The van der Waals surface area contributed by atoms with Gasteiger partial charge in [-0.05, 0) is 37.8 Å². The number of piperidine rings is 1. The second-order valence-corrected chi connectivity index (χ2v) is 6.80. The summed E-state index contributed by atoms with van der Waals surface area (Å²) >= 11 is 0. The fraction of sp³-hybridized carbons (Fsp3) is 0.450. The number of primary amides is 1. The van der Waals surface area contributed by atoms with Gasteiger partial charge in [0.05, 0.1) is 6.54 Å². The molecule has 8 heteroatoms. The Morgan fingerprint density at radius 3 is 2.89 bits per heavy atom. The molecule has 0 bridgehead atoms. The maximum absolute atomic E-state index is 11.2. The fourth-order valence-electron chi connectivity index (χ4n) is 3.38. The van der Waals surface area contributed by atoms with Gasteiger partial charge in [-0.2, -0.15) is 0 Å². The molecule has 1 aromatic heterocycles. The van der Waals surface area contributed by atoms with Crippen LogP contribution in [0.25, 0.3) is 11.5 Å². The van der Waals surface area contributed by atoms with E-state index in [2.05, 4.69) is 15.2 Å². The number of aliphatic imine (C=N–C) groups is 1. The molecule has 1 atom stereocenters. The van der Waals surface area contributed by atoms with E-state index in [9.17, 15) is 4.79 Å². The van der Waals surface area contributed by atoms with Gasteiger partial charge in [-0.15, -0.1) is 24.0 Å². The highest BCUT2D eigenvalue weighted by molar-refractivity contribution is 14.0. The van der Waals surface area contributed by atoms with Crippen molar-refractivity contribution in [2.75, 3.05) is 19.6 Å². The Morgan fingerprint density at radius 1 is 1.39 bits per heavy atom. The minimum atomic E-state index is -0.236. The van der Waals surface area contributed by atoms with E-state index in [-0.39, 0.29) is 35.8 Å². The van der Waals surface area contributed by atoms with E-state index in [0.29, 0.717) is 18.9 Å². The lowest BCUT2D eigenvalue weighted by molar-refractivity contribution is -0.119. The summed E-state index contributed by atoms with van der Waals surface area (Å²) in [7, 11) is 0. The standard InChI is InChI=1S/C20H27N5O2.HI/c1-2-22-20(25-10-6-7-15(13-25)11-18(21)26)23-12-17-14-27-19(24-17)16-8-4-3-5-9-16;/h3-5,8-9,14-15H,2,6-7,10-13H2,1H3,(H2,21,26)(H,22,23);1H. The van der Waals surface area contributed by atoms with Gasteiger partial charge in [0, 0.05) is 31.6 Å². The van der Waals surface area contributed by atoms with Crippen molar-refractivity contribution in [2.24, 2.45) is 16.6 Å². The van der Waals surface area contributed by atoms with Gasteiger partial charge >= 0.3 is 0 Å². The Morgan fingerprint density at radius 2 is 2.18 bits per heavy atom. The smallest absolute Gasteiger partial charge is 0.226 e. The largest absolute Gasteiger partial charge is 0.444 e. The maximum atomic E-state index is 11.2. The topological polar surface area (TPSA) is 96.8 Å². The zero-order valence-electron chi connectivity index (χ0n) is 16.1. The van der Waals surface area contributed by atoms with Crippen LogP contribution in [0.4, 0.5) is 0 Å². The number of oxazole rings is 1. The summed E-state index contributed by atoms with van der Waals surface area (Å²) in [6, 6.07) is 9.81. The average molecular weight is 497 g/mol. The molecule has 1 amide bonds. The van der Waals surface area contributed by atoms with E-state index in [1.165, 1.54) is 0 Å². The Bertz CT molecular complexity index is 778. The number of guanidine groups is 1. The zero-order chi connectivity index (χ0) is 19.1. The summed E-state index contributed by atoms with van der Waals surface area (Å²) in [6.07, 6.45) is 4.15. The highest BCUT2D eigenvalue weighted by Crippen LogP contribution is 2.20. The Balaban J connectivity index is 0.00000280. The third-order valence-corrected chi connectivity index (χ3v) is 4.61. The molecule has 1 aliphatic heterocycles. The number of halogens is 1. The first-order chi connectivity index (χ1) is 13.2. The van der Waals surface area contributed by atoms with Crippen molar-refractivity contribution >= 4 is 35.8 Å². The van der Waals surface area contributed by atoms with Crippen molar-refractivity contribution in [3.63, 3.8) is 0 Å². The fourth-order valence-corrected chi connectivity index (χ4v) is 3.38. The second kappa shape index (κ2) is 11.0. The SMILES string of the molecule is CCNC(=NCc1coc(-c2ccccc2)n1)N1CCCC(CC(N)=O)C1.I.